The first-order chi connectivity index (χ1) is 11.3. The molecular formula is C16H24N6O. The number of anilines is 1. The van der Waals surface area contributed by atoms with Crippen LogP contribution in [0.25, 0.3) is 11.0 Å². The standard InChI is InChI=1S/C16H24N6O/c1-2-7-17-14-13-10-21-22(15(13)20-11-19-14)9-8-18-16(23)12-5-3-4-6-12/h10-12H,2-9H2,1H3,(H,18,23)(H,17,19,20). The van der Waals surface area contributed by atoms with E-state index in [1.807, 2.05) is 4.68 Å². The monoisotopic (exact) mass is 316 g/mol. The van der Waals surface area contributed by atoms with E-state index in [0.29, 0.717) is 13.1 Å². The summed E-state index contributed by atoms with van der Waals surface area (Å²) in [4.78, 5) is 20.6. The average Bonchev–Trinajstić information content (AvgIpc) is 3.23. The normalized spacial score (nSPS) is 15.2. The lowest BCUT2D eigenvalue weighted by Crippen LogP contribution is -2.32. The zero-order valence-corrected chi connectivity index (χ0v) is 13.6. The van der Waals surface area contributed by atoms with Gasteiger partial charge >= 0.3 is 0 Å². The van der Waals surface area contributed by atoms with Gasteiger partial charge in [-0.25, -0.2) is 14.6 Å². The van der Waals surface area contributed by atoms with Gasteiger partial charge in [-0.2, -0.15) is 5.10 Å². The van der Waals surface area contributed by atoms with Gasteiger partial charge in [0.15, 0.2) is 5.65 Å². The van der Waals surface area contributed by atoms with Crippen LogP contribution in [0.2, 0.25) is 0 Å². The molecule has 0 bridgehead atoms. The van der Waals surface area contributed by atoms with Crippen molar-refractivity contribution < 1.29 is 4.79 Å². The fraction of sp³-hybridized carbons (Fsp3) is 0.625. The smallest absolute Gasteiger partial charge is 0.223 e. The van der Waals surface area contributed by atoms with Crippen molar-refractivity contribution in [2.45, 2.75) is 45.6 Å². The van der Waals surface area contributed by atoms with Crippen LogP contribution < -0.4 is 10.6 Å². The van der Waals surface area contributed by atoms with Gasteiger partial charge in [0, 0.05) is 19.0 Å². The molecule has 1 fully saturated rings. The maximum atomic E-state index is 12.0. The molecule has 0 aromatic carbocycles. The molecule has 7 heteroatoms. The Labute approximate surface area is 135 Å². The highest BCUT2D eigenvalue weighted by Crippen LogP contribution is 2.24. The molecule has 2 heterocycles. The Balaban J connectivity index is 1.60. The molecule has 0 radical (unpaired) electrons. The second kappa shape index (κ2) is 7.39. The van der Waals surface area contributed by atoms with Gasteiger partial charge in [0.25, 0.3) is 0 Å². The summed E-state index contributed by atoms with van der Waals surface area (Å²) < 4.78 is 1.82. The Morgan fingerprint density at radius 1 is 1.30 bits per heavy atom. The molecule has 2 N–H and O–H groups in total. The van der Waals surface area contributed by atoms with Crippen molar-refractivity contribution in [3.05, 3.63) is 12.5 Å². The van der Waals surface area contributed by atoms with Crippen molar-refractivity contribution >= 4 is 22.8 Å². The molecule has 0 saturated heterocycles. The minimum atomic E-state index is 0.180. The van der Waals surface area contributed by atoms with Crippen LogP contribution in [0, 0.1) is 5.92 Å². The van der Waals surface area contributed by atoms with E-state index in [2.05, 4.69) is 32.6 Å². The molecule has 1 aliphatic rings. The molecule has 3 rings (SSSR count). The number of fused-ring (bicyclic) bond motifs is 1. The van der Waals surface area contributed by atoms with E-state index < -0.39 is 0 Å². The van der Waals surface area contributed by atoms with Crippen LogP contribution in [0.1, 0.15) is 39.0 Å². The Kier molecular flexibility index (Phi) is 5.05. The largest absolute Gasteiger partial charge is 0.369 e. The summed E-state index contributed by atoms with van der Waals surface area (Å²) in [6.45, 7) is 4.18. The lowest BCUT2D eigenvalue weighted by atomic mass is 10.1. The Morgan fingerprint density at radius 2 is 2.13 bits per heavy atom. The summed E-state index contributed by atoms with van der Waals surface area (Å²) in [5, 5.41) is 11.6. The predicted molar refractivity (Wildman–Crippen MR) is 89.1 cm³/mol. The second-order valence-electron chi connectivity index (χ2n) is 6.03. The highest BCUT2D eigenvalue weighted by Gasteiger charge is 2.22. The highest BCUT2D eigenvalue weighted by atomic mass is 16.1. The van der Waals surface area contributed by atoms with E-state index in [0.717, 1.165) is 42.7 Å². The number of carbonyl (C=O) groups is 1. The van der Waals surface area contributed by atoms with Gasteiger partial charge in [0.1, 0.15) is 12.1 Å². The van der Waals surface area contributed by atoms with Crippen molar-refractivity contribution in [3.63, 3.8) is 0 Å². The van der Waals surface area contributed by atoms with E-state index in [-0.39, 0.29) is 11.8 Å². The summed E-state index contributed by atoms with van der Waals surface area (Å²) >= 11 is 0. The number of nitrogens with one attached hydrogen (secondary N) is 2. The van der Waals surface area contributed by atoms with Gasteiger partial charge in [0.05, 0.1) is 18.1 Å². The van der Waals surface area contributed by atoms with E-state index in [1.54, 1.807) is 12.5 Å². The van der Waals surface area contributed by atoms with Crippen molar-refractivity contribution in [2.75, 3.05) is 18.4 Å². The molecular weight excluding hydrogens is 292 g/mol. The van der Waals surface area contributed by atoms with Crippen LogP contribution in [-0.4, -0.2) is 38.7 Å². The van der Waals surface area contributed by atoms with Crippen molar-refractivity contribution in [1.82, 2.24) is 25.1 Å². The Morgan fingerprint density at radius 3 is 2.91 bits per heavy atom. The molecule has 1 aliphatic carbocycles. The number of aromatic nitrogens is 4. The van der Waals surface area contributed by atoms with E-state index in [9.17, 15) is 4.79 Å². The number of amides is 1. The minimum absolute atomic E-state index is 0.180. The average molecular weight is 316 g/mol. The maximum absolute atomic E-state index is 12.0. The van der Waals surface area contributed by atoms with Crippen LogP contribution in [0.15, 0.2) is 12.5 Å². The molecule has 0 aliphatic heterocycles. The first-order valence-electron chi connectivity index (χ1n) is 8.47. The summed E-state index contributed by atoms with van der Waals surface area (Å²) in [5.74, 6) is 1.20. The van der Waals surface area contributed by atoms with Gasteiger partial charge in [0.2, 0.25) is 5.91 Å². The molecule has 2 aromatic rings. The summed E-state index contributed by atoms with van der Waals surface area (Å²) in [6.07, 6.45) is 8.76. The fourth-order valence-electron chi connectivity index (χ4n) is 3.06. The molecule has 7 nitrogen and oxygen atoms in total. The van der Waals surface area contributed by atoms with E-state index in [1.165, 1.54) is 12.8 Å². The SMILES string of the molecule is CCCNc1ncnc2c1cnn2CCNC(=O)C1CCCC1. The Hall–Kier alpha value is -2.18. The van der Waals surface area contributed by atoms with Crippen LogP contribution in [0.4, 0.5) is 5.82 Å². The van der Waals surface area contributed by atoms with E-state index in [4.69, 9.17) is 0 Å². The molecule has 23 heavy (non-hydrogen) atoms. The molecule has 1 saturated carbocycles. The zero-order chi connectivity index (χ0) is 16.1. The second-order valence-corrected chi connectivity index (χ2v) is 6.03. The summed E-state index contributed by atoms with van der Waals surface area (Å²) in [6, 6.07) is 0. The van der Waals surface area contributed by atoms with Gasteiger partial charge in [-0.05, 0) is 19.3 Å². The van der Waals surface area contributed by atoms with Gasteiger partial charge in [-0.1, -0.05) is 19.8 Å². The van der Waals surface area contributed by atoms with Gasteiger partial charge in [-0.15, -0.1) is 0 Å². The number of hydrogen-bond donors (Lipinski definition) is 2. The summed E-state index contributed by atoms with van der Waals surface area (Å²) in [7, 11) is 0. The van der Waals surface area contributed by atoms with Gasteiger partial charge < -0.3 is 10.6 Å². The third kappa shape index (κ3) is 3.60. The highest BCUT2D eigenvalue weighted by molar-refractivity contribution is 5.86. The first-order valence-corrected chi connectivity index (χ1v) is 8.47. The van der Waals surface area contributed by atoms with E-state index >= 15 is 0 Å². The fourth-order valence-corrected chi connectivity index (χ4v) is 3.06. The lowest BCUT2D eigenvalue weighted by molar-refractivity contribution is -0.124. The number of rotatable bonds is 7. The predicted octanol–water partition coefficient (Wildman–Crippen LogP) is 1.95. The molecule has 124 valence electrons. The maximum Gasteiger partial charge on any atom is 0.223 e. The van der Waals surface area contributed by atoms with Crippen LogP contribution in [-0.2, 0) is 11.3 Å². The Bertz CT molecular complexity index is 662. The van der Waals surface area contributed by atoms with Crippen LogP contribution >= 0.6 is 0 Å². The lowest BCUT2D eigenvalue weighted by Gasteiger charge is -2.10. The molecule has 0 atom stereocenters. The quantitative estimate of drug-likeness (QED) is 0.815. The molecule has 0 unspecified atom stereocenters. The third-order valence-corrected chi connectivity index (χ3v) is 4.32. The topological polar surface area (TPSA) is 84.7 Å². The minimum Gasteiger partial charge on any atom is -0.369 e. The first kappa shape index (κ1) is 15.7. The zero-order valence-electron chi connectivity index (χ0n) is 13.6. The number of carbonyl (C=O) groups excluding carboxylic acids is 1. The summed E-state index contributed by atoms with van der Waals surface area (Å²) in [5.41, 5.74) is 0.800. The number of nitrogens with zero attached hydrogens (tertiary/aromatic N) is 4. The van der Waals surface area contributed by atoms with Crippen molar-refractivity contribution in [1.29, 1.82) is 0 Å². The van der Waals surface area contributed by atoms with Crippen molar-refractivity contribution in [3.8, 4) is 0 Å². The third-order valence-electron chi connectivity index (χ3n) is 4.32. The molecule has 2 aromatic heterocycles. The number of hydrogen-bond acceptors (Lipinski definition) is 5. The van der Waals surface area contributed by atoms with Crippen molar-refractivity contribution in [2.24, 2.45) is 5.92 Å². The van der Waals surface area contributed by atoms with Gasteiger partial charge in [-0.3, -0.25) is 4.79 Å². The van der Waals surface area contributed by atoms with Crippen LogP contribution in [0.5, 0.6) is 0 Å². The molecule has 1 amide bonds. The van der Waals surface area contributed by atoms with Crippen LogP contribution in [0.3, 0.4) is 0 Å². The molecule has 0 spiro atoms.